The van der Waals surface area contributed by atoms with E-state index in [1.165, 1.54) is 0 Å². The molecular weight excluding hydrogens is 316 g/mol. The van der Waals surface area contributed by atoms with Gasteiger partial charge in [-0.25, -0.2) is 4.79 Å². The number of rotatable bonds is 6. The highest BCUT2D eigenvalue weighted by molar-refractivity contribution is 5.95. The van der Waals surface area contributed by atoms with E-state index in [-0.39, 0.29) is 11.9 Å². The van der Waals surface area contributed by atoms with Gasteiger partial charge in [-0.05, 0) is 42.8 Å². The van der Waals surface area contributed by atoms with Gasteiger partial charge in [-0.2, -0.15) is 0 Å². The van der Waals surface area contributed by atoms with Crippen molar-refractivity contribution in [3.63, 3.8) is 0 Å². The van der Waals surface area contributed by atoms with E-state index in [9.17, 15) is 9.59 Å². The quantitative estimate of drug-likeness (QED) is 0.758. The third kappa shape index (κ3) is 4.29. The summed E-state index contributed by atoms with van der Waals surface area (Å²) >= 11 is 0. The van der Waals surface area contributed by atoms with Gasteiger partial charge in [-0.3, -0.25) is 9.69 Å². The van der Waals surface area contributed by atoms with Gasteiger partial charge >= 0.3 is 6.03 Å². The third-order valence-electron chi connectivity index (χ3n) is 4.13. The molecule has 0 aromatic heterocycles. The molecule has 0 aliphatic carbocycles. The minimum atomic E-state index is -0.0842. The van der Waals surface area contributed by atoms with E-state index in [0.717, 1.165) is 22.6 Å². The Morgan fingerprint density at radius 3 is 2.60 bits per heavy atom. The second-order valence-electron chi connectivity index (χ2n) is 5.97. The van der Waals surface area contributed by atoms with Gasteiger partial charge in [0.15, 0.2) is 0 Å². The van der Waals surface area contributed by atoms with Crippen LogP contribution in [0.4, 0.5) is 21.9 Å². The summed E-state index contributed by atoms with van der Waals surface area (Å²) in [5, 5.41) is 8.91. The zero-order chi connectivity index (χ0) is 17.6. The molecule has 1 aliphatic rings. The van der Waals surface area contributed by atoms with Crippen LogP contribution in [0.25, 0.3) is 0 Å². The number of para-hydroxylation sites is 1. The normalized spacial score (nSPS) is 13.5. The summed E-state index contributed by atoms with van der Waals surface area (Å²) in [6.07, 6.45) is 0.380. The largest absolute Gasteiger partial charge is 0.384 e. The van der Waals surface area contributed by atoms with Crippen LogP contribution in [0.5, 0.6) is 0 Å². The highest BCUT2D eigenvalue weighted by atomic mass is 16.2. The van der Waals surface area contributed by atoms with Crippen LogP contribution >= 0.6 is 0 Å². The average Bonchev–Trinajstić information content (AvgIpc) is 3.03. The number of nitrogens with one attached hydrogen (secondary N) is 3. The van der Waals surface area contributed by atoms with Crippen molar-refractivity contribution < 1.29 is 9.59 Å². The van der Waals surface area contributed by atoms with Crippen LogP contribution in [0.2, 0.25) is 0 Å². The van der Waals surface area contributed by atoms with Gasteiger partial charge in [-0.1, -0.05) is 18.2 Å². The molecule has 6 heteroatoms. The first-order chi connectivity index (χ1) is 12.1. The summed E-state index contributed by atoms with van der Waals surface area (Å²) in [4.78, 5) is 25.4. The molecule has 2 aromatic carbocycles. The van der Waals surface area contributed by atoms with Gasteiger partial charge in [0, 0.05) is 43.1 Å². The Labute approximate surface area is 147 Å². The Morgan fingerprint density at radius 1 is 1.16 bits per heavy atom. The first-order valence-electron chi connectivity index (χ1n) is 8.38. The second kappa shape index (κ2) is 7.70. The molecule has 0 radical (unpaired) electrons. The van der Waals surface area contributed by atoms with Gasteiger partial charge in [0.1, 0.15) is 0 Å². The topological polar surface area (TPSA) is 73.5 Å². The molecule has 0 saturated carbocycles. The summed E-state index contributed by atoms with van der Waals surface area (Å²) < 4.78 is 0. The van der Waals surface area contributed by atoms with E-state index in [0.29, 0.717) is 26.1 Å². The number of hydrogen-bond donors (Lipinski definition) is 3. The molecule has 1 fully saturated rings. The minimum absolute atomic E-state index is 0.0484. The summed E-state index contributed by atoms with van der Waals surface area (Å²) in [5.41, 5.74) is 3.76. The predicted molar refractivity (Wildman–Crippen MR) is 100 cm³/mol. The number of hydrogen-bond acceptors (Lipinski definition) is 3. The van der Waals surface area contributed by atoms with E-state index in [2.05, 4.69) is 16.0 Å². The summed E-state index contributed by atoms with van der Waals surface area (Å²) in [6, 6.07) is 15.2. The number of carbonyl (C=O) groups is 2. The zero-order valence-electron chi connectivity index (χ0n) is 14.2. The number of nitrogens with zero attached hydrogens (tertiary/aromatic N) is 1. The minimum Gasteiger partial charge on any atom is -0.384 e. The van der Waals surface area contributed by atoms with E-state index >= 15 is 0 Å². The molecular formula is C19H22N4O2. The Bertz CT molecular complexity index is 758. The number of aryl methyl sites for hydroxylation is 1. The van der Waals surface area contributed by atoms with E-state index in [1.807, 2.05) is 55.5 Å². The molecule has 0 unspecified atom stereocenters. The van der Waals surface area contributed by atoms with Gasteiger partial charge in [-0.15, -0.1) is 0 Å². The first-order valence-corrected chi connectivity index (χ1v) is 8.38. The van der Waals surface area contributed by atoms with Crippen LogP contribution in [0.1, 0.15) is 12.0 Å². The van der Waals surface area contributed by atoms with Crippen LogP contribution in [0.15, 0.2) is 48.5 Å². The number of urea groups is 1. The fraction of sp³-hybridized carbons (Fsp3) is 0.263. The lowest BCUT2D eigenvalue weighted by Crippen LogP contribution is -2.27. The third-order valence-corrected chi connectivity index (χ3v) is 4.13. The number of benzene rings is 2. The highest BCUT2D eigenvalue weighted by Gasteiger charge is 2.20. The molecule has 1 aliphatic heterocycles. The molecule has 25 heavy (non-hydrogen) atoms. The van der Waals surface area contributed by atoms with Crippen molar-refractivity contribution in [3.05, 3.63) is 54.1 Å². The summed E-state index contributed by atoms with van der Waals surface area (Å²) in [7, 11) is 0. The van der Waals surface area contributed by atoms with Crippen molar-refractivity contribution in [1.82, 2.24) is 5.32 Å². The van der Waals surface area contributed by atoms with Crippen molar-refractivity contribution in [2.24, 2.45) is 0 Å². The predicted octanol–water partition coefficient (Wildman–Crippen LogP) is 2.97. The maximum Gasteiger partial charge on any atom is 0.321 e. The Morgan fingerprint density at radius 2 is 1.92 bits per heavy atom. The van der Waals surface area contributed by atoms with Gasteiger partial charge in [0.2, 0.25) is 5.91 Å². The summed E-state index contributed by atoms with van der Waals surface area (Å²) in [5.74, 6) is -0.0484. The van der Waals surface area contributed by atoms with Crippen molar-refractivity contribution in [2.75, 3.05) is 35.2 Å². The molecule has 3 rings (SSSR count). The molecule has 1 saturated heterocycles. The first kappa shape index (κ1) is 16.8. The average molecular weight is 338 g/mol. The zero-order valence-corrected chi connectivity index (χ0v) is 14.2. The highest BCUT2D eigenvalue weighted by Crippen LogP contribution is 2.19. The Balaban J connectivity index is 1.48. The Kier molecular flexibility index (Phi) is 5.18. The van der Waals surface area contributed by atoms with E-state index in [1.54, 1.807) is 4.90 Å². The fourth-order valence-corrected chi connectivity index (χ4v) is 2.75. The lowest BCUT2D eigenvalue weighted by molar-refractivity contribution is -0.115. The van der Waals surface area contributed by atoms with Crippen LogP contribution in [0.3, 0.4) is 0 Å². The number of anilines is 3. The number of amides is 3. The summed E-state index contributed by atoms with van der Waals surface area (Å²) in [6.45, 7) is 3.92. The van der Waals surface area contributed by atoms with Crippen molar-refractivity contribution >= 4 is 29.0 Å². The molecule has 6 nitrogen and oxygen atoms in total. The Hall–Kier alpha value is -3.02. The molecule has 0 atom stereocenters. The monoisotopic (exact) mass is 338 g/mol. The molecule has 3 amide bonds. The lowest BCUT2D eigenvalue weighted by atomic mass is 10.2. The van der Waals surface area contributed by atoms with Crippen molar-refractivity contribution in [2.45, 2.75) is 13.3 Å². The van der Waals surface area contributed by atoms with Crippen LogP contribution in [-0.2, 0) is 4.79 Å². The maximum absolute atomic E-state index is 12.1. The lowest BCUT2D eigenvalue weighted by Gasteiger charge is -2.15. The van der Waals surface area contributed by atoms with Crippen LogP contribution in [0, 0.1) is 6.92 Å². The molecule has 130 valence electrons. The van der Waals surface area contributed by atoms with Gasteiger partial charge in [0.05, 0.1) is 0 Å². The standard InChI is InChI=1S/C19H22N4O2/c1-14-4-2-3-5-17(14)20-11-10-18(24)22-15-6-8-16(9-7-15)23-13-12-21-19(23)25/h2-9,20H,10-13H2,1H3,(H,21,25)(H,22,24). The van der Waals surface area contributed by atoms with E-state index < -0.39 is 0 Å². The van der Waals surface area contributed by atoms with Crippen LogP contribution in [-0.4, -0.2) is 31.6 Å². The maximum atomic E-state index is 12.1. The SMILES string of the molecule is Cc1ccccc1NCCC(=O)Nc1ccc(N2CCNC2=O)cc1. The molecule has 3 N–H and O–H groups in total. The van der Waals surface area contributed by atoms with Gasteiger partial charge in [0.25, 0.3) is 0 Å². The molecule has 0 bridgehead atoms. The van der Waals surface area contributed by atoms with Crippen molar-refractivity contribution in [1.29, 1.82) is 0 Å². The molecule has 2 aromatic rings. The van der Waals surface area contributed by atoms with E-state index in [4.69, 9.17) is 0 Å². The smallest absolute Gasteiger partial charge is 0.321 e. The fourth-order valence-electron chi connectivity index (χ4n) is 2.75. The molecule has 0 spiro atoms. The second-order valence-corrected chi connectivity index (χ2v) is 5.97. The van der Waals surface area contributed by atoms with Crippen molar-refractivity contribution in [3.8, 4) is 0 Å². The van der Waals surface area contributed by atoms with Crippen LogP contribution < -0.4 is 20.9 Å². The molecule has 1 heterocycles. The van der Waals surface area contributed by atoms with Gasteiger partial charge < -0.3 is 16.0 Å². The number of carbonyl (C=O) groups excluding carboxylic acids is 2.